The zero-order valence-corrected chi connectivity index (χ0v) is 8.63. The number of nitrogens with zero attached hydrogens (tertiary/aromatic N) is 3. The second-order valence-electron chi connectivity index (χ2n) is 2.62. The Kier molecular flexibility index (Phi) is 2.97. The molecule has 66 valence electrons. The molecular weight excluding hydrogens is 222 g/mol. The molecule has 1 rings (SSSR count). The number of hydrogen-bond acceptors (Lipinski definition) is 3. The highest BCUT2D eigenvalue weighted by Crippen LogP contribution is 2.05. The zero-order valence-electron chi connectivity index (χ0n) is 7.04. The number of aryl methyl sites for hydroxylation is 2. The van der Waals surface area contributed by atoms with Gasteiger partial charge in [0.15, 0.2) is 0 Å². The van der Waals surface area contributed by atoms with Gasteiger partial charge in [-0.3, -0.25) is 4.68 Å². The smallest absolute Gasteiger partial charge is 0.217 e. The molecule has 5 heteroatoms. The molecule has 1 heterocycles. The van der Waals surface area contributed by atoms with Crippen LogP contribution in [0.1, 0.15) is 19.2 Å². The van der Waals surface area contributed by atoms with Crippen LogP contribution in [0.25, 0.3) is 0 Å². The monoisotopic (exact) mass is 231 g/mol. The van der Waals surface area contributed by atoms with Gasteiger partial charge in [0, 0.05) is 19.9 Å². The van der Waals surface area contributed by atoms with E-state index in [-0.39, 0.29) is 5.78 Å². The molecule has 0 bridgehead atoms. The minimum Gasteiger partial charge on any atom is -0.300 e. The molecule has 0 fully saturated rings. The molecule has 0 saturated carbocycles. The summed E-state index contributed by atoms with van der Waals surface area (Å²) in [4.78, 5) is 14.8. The maximum absolute atomic E-state index is 10.7. The van der Waals surface area contributed by atoms with E-state index in [2.05, 4.69) is 26.0 Å². The van der Waals surface area contributed by atoms with Crippen molar-refractivity contribution < 1.29 is 4.79 Å². The summed E-state index contributed by atoms with van der Waals surface area (Å²) >= 11 is 3.16. The van der Waals surface area contributed by atoms with Crippen LogP contribution in [0.3, 0.4) is 0 Å². The third kappa shape index (κ3) is 2.41. The van der Waals surface area contributed by atoms with Crippen molar-refractivity contribution in [3.8, 4) is 0 Å². The quantitative estimate of drug-likeness (QED) is 0.783. The maximum Gasteiger partial charge on any atom is 0.217 e. The Bertz CT molecular complexity index is 295. The van der Waals surface area contributed by atoms with Crippen LogP contribution in [0.4, 0.5) is 0 Å². The molecule has 0 aliphatic rings. The van der Waals surface area contributed by atoms with Crippen molar-refractivity contribution in [3.05, 3.63) is 10.6 Å². The van der Waals surface area contributed by atoms with Crippen molar-refractivity contribution in [3.63, 3.8) is 0 Å². The second-order valence-corrected chi connectivity index (χ2v) is 3.33. The van der Waals surface area contributed by atoms with Crippen molar-refractivity contribution in [1.29, 1.82) is 0 Å². The highest BCUT2D eigenvalue weighted by molar-refractivity contribution is 9.10. The van der Waals surface area contributed by atoms with Crippen molar-refractivity contribution in [1.82, 2.24) is 14.8 Å². The number of ketones is 1. The molecule has 0 aliphatic carbocycles. The average molecular weight is 232 g/mol. The third-order valence-electron chi connectivity index (χ3n) is 1.53. The fraction of sp³-hybridized carbons (Fsp3) is 0.571. The molecular formula is C7H10BrN3O. The van der Waals surface area contributed by atoms with Gasteiger partial charge in [-0.25, -0.2) is 4.98 Å². The Morgan fingerprint density at radius 2 is 2.33 bits per heavy atom. The van der Waals surface area contributed by atoms with Gasteiger partial charge in [0.25, 0.3) is 0 Å². The van der Waals surface area contributed by atoms with Crippen LogP contribution in [0.2, 0.25) is 0 Å². The fourth-order valence-electron chi connectivity index (χ4n) is 0.888. The van der Waals surface area contributed by atoms with Crippen LogP contribution in [0.15, 0.2) is 4.73 Å². The van der Waals surface area contributed by atoms with Crippen LogP contribution in [0, 0.1) is 0 Å². The van der Waals surface area contributed by atoms with Crippen molar-refractivity contribution in [2.24, 2.45) is 7.05 Å². The topological polar surface area (TPSA) is 47.8 Å². The van der Waals surface area contributed by atoms with E-state index < -0.39 is 0 Å². The lowest BCUT2D eigenvalue weighted by Gasteiger charge is -1.95. The van der Waals surface area contributed by atoms with E-state index in [1.807, 2.05) is 7.05 Å². The molecule has 0 radical (unpaired) electrons. The van der Waals surface area contributed by atoms with Gasteiger partial charge in [-0.1, -0.05) is 0 Å². The summed E-state index contributed by atoms with van der Waals surface area (Å²) in [6, 6.07) is 0. The standard InChI is InChI=1S/C7H10BrN3O/c1-5(12)3-4-6-9-7(8)10-11(6)2/h3-4H2,1-2H3. The Hall–Kier alpha value is -0.710. The van der Waals surface area contributed by atoms with Gasteiger partial charge in [-0.15, -0.1) is 5.10 Å². The summed E-state index contributed by atoms with van der Waals surface area (Å²) in [6.07, 6.45) is 1.18. The summed E-state index contributed by atoms with van der Waals surface area (Å²) < 4.78 is 2.25. The van der Waals surface area contributed by atoms with Crippen molar-refractivity contribution in [2.75, 3.05) is 0 Å². The van der Waals surface area contributed by atoms with Gasteiger partial charge in [0.05, 0.1) is 0 Å². The molecule has 0 amide bonds. The Balaban J connectivity index is 2.62. The van der Waals surface area contributed by atoms with E-state index in [0.29, 0.717) is 17.6 Å². The summed E-state index contributed by atoms with van der Waals surface area (Å²) in [6.45, 7) is 1.57. The minimum atomic E-state index is 0.175. The lowest BCUT2D eigenvalue weighted by Crippen LogP contribution is -2.02. The van der Waals surface area contributed by atoms with Gasteiger partial charge in [-0.2, -0.15) is 0 Å². The zero-order chi connectivity index (χ0) is 9.14. The summed E-state index contributed by atoms with van der Waals surface area (Å²) in [5.41, 5.74) is 0. The first-order valence-corrected chi connectivity index (χ1v) is 4.43. The van der Waals surface area contributed by atoms with Gasteiger partial charge in [-0.05, 0) is 22.9 Å². The molecule has 4 nitrogen and oxygen atoms in total. The molecule has 12 heavy (non-hydrogen) atoms. The number of rotatable bonds is 3. The second kappa shape index (κ2) is 3.80. The highest BCUT2D eigenvalue weighted by Gasteiger charge is 2.05. The lowest BCUT2D eigenvalue weighted by atomic mass is 10.2. The number of halogens is 1. The minimum absolute atomic E-state index is 0.175. The van der Waals surface area contributed by atoms with Crippen LogP contribution >= 0.6 is 15.9 Å². The molecule has 1 aromatic rings. The Morgan fingerprint density at radius 1 is 1.67 bits per heavy atom. The van der Waals surface area contributed by atoms with E-state index in [1.54, 1.807) is 11.6 Å². The molecule has 0 N–H and O–H groups in total. The fourth-order valence-corrected chi connectivity index (χ4v) is 1.33. The average Bonchev–Trinajstić information content (AvgIpc) is 2.26. The largest absolute Gasteiger partial charge is 0.300 e. The number of carbonyl (C=O) groups is 1. The number of carbonyl (C=O) groups excluding carboxylic acids is 1. The molecule has 0 atom stereocenters. The van der Waals surface area contributed by atoms with E-state index in [4.69, 9.17) is 0 Å². The van der Waals surface area contributed by atoms with Gasteiger partial charge in [0.2, 0.25) is 4.73 Å². The van der Waals surface area contributed by atoms with Crippen LogP contribution < -0.4 is 0 Å². The number of Topliss-reactive ketones (excluding diaryl/α,β-unsaturated/α-hetero) is 1. The Morgan fingerprint density at radius 3 is 2.75 bits per heavy atom. The molecule has 0 unspecified atom stereocenters. The maximum atomic E-state index is 10.7. The molecule has 0 spiro atoms. The lowest BCUT2D eigenvalue weighted by molar-refractivity contribution is -0.117. The predicted octanol–water partition coefficient (Wildman–Crippen LogP) is 1.10. The van der Waals surface area contributed by atoms with Gasteiger partial charge >= 0.3 is 0 Å². The number of hydrogen-bond donors (Lipinski definition) is 0. The third-order valence-corrected chi connectivity index (χ3v) is 1.86. The first kappa shape index (κ1) is 9.38. The van der Waals surface area contributed by atoms with Gasteiger partial charge < -0.3 is 4.79 Å². The SMILES string of the molecule is CC(=O)CCc1nc(Br)nn1C. The first-order chi connectivity index (χ1) is 5.59. The van der Waals surface area contributed by atoms with Crippen molar-refractivity contribution >= 4 is 21.7 Å². The molecule has 0 saturated heterocycles. The molecule has 0 aromatic carbocycles. The highest BCUT2D eigenvalue weighted by atomic mass is 79.9. The summed E-state index contributed by atoms with van der Waals surface area (Å²) in [5.74, 6) is 1.01. The summed E-state index contributed by atoms with van der Waals surface area (Å²) in [5, 5.41) is 4.00. The number of aromatic nitrogens is 3. The Labute approximate surface area is 79.1 Å². The molecule has 1 aromatic heterocycles. The predicted molar refractivity (Wildman–Crippen MR) is 47.7 cm³/mol. The van der Waals surface area contributed by atoms with Crippen LogP contribution in [-0.4, -0.2) is 20.5 Å². The van der Waals surface area contributed by atoms with E-state index in [9.17, 15) is 4.79 Å². The van der Waals surface area contributed by atoms with E-state index in [1.165, 1.54) is 0 Å². The molecule has 0 aliphatic heterocycles. The first-order valence-electron chi connectivity index (χ1n) is 3.64. The van der Waals surface area contributed by atoms with E-state index >= 15 is 0 Å². The normalized spacial score (nSPS) is 10.2. The van der Waals surface area contributed by atoms with Crippen molar-refractivity contribution in [2.45, 2.75) is 19.8 Å². The van der Waals surface area contributed by atoms with Gasteiger partial charge in [0.1, 0.15) is 11.6 Å². The van der Waals surface area contributed by atoms with Crippen LogP contribution in [-0.2, 0) is 18.3 Å². The summed E-state index contributed by atoms with van der Waals surface area (Å²) in [7, 11) is 1.81. The van der Waals surface area contributed by atoms with E-state index in [0.717, 1.165) is 5.82 Å². The van der Waals surface area contributed by atoms with Crippen LogP contribution in [0.5, 0.6) is 0 Å².